The summed E-state index contributed by atoms with van der Waals surface area (Å²) in [5.74, 6) is 1.50. The van der Waals surface area contributed by atoms with Crippen LogP contribution >= 0.6 is 27.5 Å². The third-order valence-corrected chi connectivity index (χ3v) is 4.96. The Bertz CT molecular complexity index is 383. The van der Waals surface area contributed by atoms with E-state index in [9.17, 15) is 0 Å². The van der Waals surface area contributed by atoms with Gasteiger partial charge in [0.25, 0.3) is 0 Å². The molecule has 0 aliphatic heterocycles. The molecule has 1 saturated carbocycles. The first-order valence-corrected chi connectivity index (χ1v) is 8.15. The van der Waals surface area contributed by atoms with Gasteiger partial charge in [0.15, 0.2) is 0 Å². The first-order valence-electron chi connectivity index (χ1n) is 6.92. The zero-order chi connectivity index (χ0) is 13.0. The zero-order valence-electron chi connectivity index (χ0n) is 10.9. The molecule has 0 spiro atoms. The molecule has 1 aliphatic rings. The first-order chi connectivity index (χ1) is 8.69. The molecule has 1 heterocycles. The minimum absolute atomic E-state index is 0.345. The van der Waals surface area contributed by atoms with Crippen LogP contribution < -0.4 is 0 Å². The van der Waals surface area contributed by atoms with Crippen molar-refractivity contribution in [2.45, 2.75) is 50.8 Å². The van der Waals surface area contributed by atoms with Gasteiger partial charge in [-0.25, -0.2) is 0 Å². The standard InChI is InChI=1S/C15H21BrClN/c1-2-3-11-4-5-15(17)13(6-11)7-12-8-14(16)10-18-9-12/h8-11,13,15H,2-7H2,1H3. The van der Waals surface area contributed by atoms with Gasteiger partial charge in [-0.05, 0) is 65.1 Å². The van der Waals surface area contributed by atoms with E-state index in [1.54, 1.807) is 0 Å². The Hall–Kier alpha value is -0.0800. The van der Waals surface area contributed by atoms with Gasteiger partial charge >= 0.3 is 0 Å². The van der Waals surface area contributed by atoms with Gasteiger partial charge in [-0.15, -0.1) is 11.6 Å². The Morgan fingerprint density at radius 1 is 1.39 bits per heavy atom. The van der Waals surface area contributed by atoms with Crippen molar-refractivity contribution in [3.05, 3.63) is 28.5 Å². The highest BCUT2D eigenvalue weighted by molar-refractivity contribution is 9.10. The lowest BCUT2D eigenvalue weighted by molar-refractivity contribution is 0.257. The van der Waals surface area contributed by atoms with Crippen molar-refractivity contribution in [2.75, 3.05) is 0 Å². The van der Waals surface area contributed by atoms with Gasteiger partial charge in [0.05, 0.1) is 0 Å². The van der Waals surface area contributed by atoms with Gasteiger partial charge in [0.1, 0.15) is 0 Å². The molecule has 0 radical (unpaired) electrons. The van der Waals surface area contributed by atoms with E-state index >= 15 is 0 Å². The summed E-state index contributed by atoms with van der Waals surface area (Å²) in [6.07, 6.45) is 11.3. The van der Waals surface area contributed by atoms with Gasteiger partial charge < -0.3 is 0 Å². The van der Waals surface area contributed by atoms with Crippen LogP contribution in [-0.2, 0) is 6.42 Å². The summed E-state index contributed by atoms with van der Waals surface area (Å²) in [5, 5.41) is 0.345. The predicted molar refractivity (Wildman–Crippen MR) is 81.0 cm³/mol. The normalized spacial score (nSPS) is 28.3. The maximum Gasteiger partial charge on any atom is 0.0410 e. The van der Waals surface area contributed by atoms with Gasteiger partial charge in [-0.1, -0.05) is 19.8 Å². The maximum atomic E-state index is 6.51. The van der Waals surface area contributed by atoms with Crippen molar-refractivity contribution in [3.8, 4) is 0 Å². The summed E-state index contributed by atoms with van der Waals surface area (Å²) >= 11 is 9.99. The topological polar surface area (TPSA) is 12.9 Å². The zero-order valence-corrected chi connectivity index (χ0v) is 13.3. The number of nitrogens with zero attached hydrogens (tertiary/aromatic N) is 1. The van der Waals surface area contributed by atoms with Crippen LogP contribution in [0.15, 0.2) is 22.9 Å². The Balaban J connectivity index is 1.98. The molecule has 1 fully saturated rings. The maximum absolute atomic E-state index is 6.51. The fourth-order valence-electron chi connectivity index (χ4n) is 3.08. The van der Waals surface area contributed by atoms with Crippen molar-refractivity contribution in [1.82, 2.24) is 4.98 Å². The monoisotopic (exact) mass is 329 g/mol. The molecule has 1 nitrogen and oxygen atoms in total. The molecule has 100 valence electrons. The van der Waals surface area contributed by atoms with E-state index in [-0.39, 0.29) is 0 Å². The van der Waals surface area contributed by atoms with E-state index in [2.05, 4.69) is 33.9 Å². The summed E-state index contributed by atoms with van der Waals surface area (Å²) in [6, 6.07) is 2.17. The lowest BCUT2D eigenvalue weighted by Crippen LogP contribution is -2.27. The van der Waals surface area contributed by atoms with E-state index in [0.29, 0.717) is 11.3 Å². The molecular weight excluding hydrogens is 310 g/mol. The number of hydrogen-bond donors (Lipinski definition) is 0. The Kier molecular flexibility index (Phi) is 5.50. The second-order valence-corrected chi connectivity index (χ2v) is 6.94. The highest BCUT2D eigenvalue weighted by Gasteiger charge is 2.28. The summed E-state index contributed by atoms with van der Waals surface area (Å²) in [6.45, 7) is 2.28. The summed E-state index contributed by atoms with van der Waals surface area (Å²) in [5.41, 5.74) is 1.30. The van der Waals surface area contributed by atoms with Crippen molar-refractivity contribution >= 4 is 27.5 Å². The molecule has 1 aromatic heterocycles. The second-order valence-electron chi connectivity index (χ2n) is 5.46. The highest BCUT2D eigenvalue weighted by Crippen LogP contribution is 2.36. The molecule has 0 aromatic carbocycles. The average Bonchev–Trinajstić information content (AvgIpc) is 2.34. The molecule has 0 saturated heterocycles. The van der Waals surface area contributed by atoms with Crippen LogP contribution in [0, 0.1) is 11.8 Å². The molecule has 3 unspecified atom stereocenters. The number of hydrogen-bond acceptors (Lipinski definition) is 1. The van der Waals surface area contributed by atoms with Crippen LogP contribution in [0.25, 0.3) is 0 Å². The third kappa shape index (κ3) is 3.96. The molecule has 3 heteroatoms. The van der Waals surface area contributed by atoms with Crippen molar-refractivity contribution < 1.29 is 0 Å². The van der Waals surface area contributed by atoms with Crippen LogP contribution in [-0.4, -0.2) is 10.4 Å². The molecule has 1 aromatic rings. The lowest BCUT2D eigenvalue weighted by Gasteiger charge is -2.33. The molecule has 2 rings (SSSR count). The Labute approximate surface area is 123 Å². The molecule has 0 bridgehead atoms. The smallest absolute Gasteiger partial charge is 0.0410 e. The third-order valence-electron chi connectivity index (χ3n) is 3.95. The van der Waals surface area contributed by atoms with E-state index in [0.717, 1.165) is 16.8 Å². The summed E-state index contributed by atoms with van der Waals surface area (Å²) in [4.78, 5) is 4.24. The quantitative estimate of drug-likeness (QED) is 0.691. The number of aromatic nitrogens is 1. The predicted octanol–water partition coefficient (Wildman–Crippen LogP) is 5.21. The minimum Gasteiger partial charge on any atom is -0.263 e. The largest absolute Gasteiger partial charge is 0.263 e. The van der Waals surface area contributed by atoms with Gasteiger partial charge in [0.2, 0.25) is 0 Å². The molecule has 18 heavy (non-hydrogen) atoms. The summed E-state index contributed by atoms with van der Waals surface area (Å²) in [7, 11) is 0. The number of alkyl halides is 1. The molecule has 3 atom stereocenters. The van der Waals surface area contributed by atoms with Crippen molar-refractivity contribution in [2.24, 2.45) is 11.8 Å². The summed E-state index contributed by atoms with van der Waals surface area (Å²) < 4.78 is 1.06. The van der Waals surface area contributed by atoms with Crippen molar-refractivity contribution in [1.29, 1.82) is 0 Å². The van der Waals surface area contributed by atoms with E-state index in [1.165, 1.54) is 37.7 Å². The van der Waals surface area contributed by atoms with Crippen molar-refractivity contribution in [3.63, 3.8) is 0 Å². The van der Waals surface area contributed by atoms with E-state index < -0.39 is 0 Å². The van der Waals surface area contributed by atoms with Crippen LogP contribution in [0.2, 0.25) is 0 Å². The lowest BCUT2D eigenvalue weighted by atomic mass is 9.77. The van der Waals surface area contributed by atoms with E-state index in [4.69, 9.17) is 11.6 Å². The fraction of sp³-hybridized carbons (Fsp3) is 0.667. The Morgan fingerprint density at radius 2 is 2.22 bits per heavy atom. The average molecular weight is 331 g/mol. The second kappa shape index (κ2) is 6.91. The van der Waals surface area contributed by atoms with Gasteiger partial charge in [-0.3, -0.25) is 4.98 Å². The first kappa shape index (κ1) is 14.3. The number of halogens is 2. The van der Waals surface area contributed by atoms with Gasteiger partial charge in [0, 0.05) is 22.2 Å². The van der Waals surface area contributed by atoms with E-state index in [1.807, 2.05) is 12.4 Å². The molecule has 0 N–H and O–H groups in total. The molecule has 0 amide bonds. The SMILES string of the molecule is CCCC1CCC(Cl)C(Cc2cncc(Br)c2)C1. The van der Waals surface area contributed by atoms with Crippen LogP contribution in [0.3, 0.4) is 0 Å². The van der Waals surface area contributed by atoms with Gasteiger partial charge in [-0.2, -0.15) is 0 Å². The minimum atomic E-state index is 0.345. The van der Waals surface area contributed by atoms with Crippen LogP contribution in [0.4, 0.5) is 0 Å². The van der Waals surface area contributed by atoms with Crippen LogP contribution in [0.5, 0.6) is 0 Å². The number of pyridine rings is 1. The Morgan fingerprint density at radius 3 is 2.94 bits per heavy atom. The van der Waals surface area contributed by atoms with Crippen LogP contribution in [0.1, 0.15) is 44.6 Å². The number of rotatable bonds is 4. The fourth-order valence-corrected chi connectivity index (χ4v) is 3.81. The highest BCUT2D eigenvalue weighted by atomic mass is 79.9. The molecule has 1 aliphatic carbocycles. The molecular formula is C15H21BrClN.